The minimum absolute atomic E-state index is 0.150. The van der Waals surface area contributed by atoms with Gasteiger partial charge in [0.2, 0.25) is 5.91 Å². The summed E-state index contributed by atoms with van der Waals surface area (Å²) in [6, 6.07) is 6.67. The minimum Gasteiger partial charge on any atom is -0.480 e. The molecule has 1 saturated carbocycles. The molecule has 5 nitrogen and oxygen atoms in total. The molecule has 1 amide bonds. The summed E-state index contributed by atoms with van der Waals surface area (Å²) in [5, 5.41) is 11.8. The van der Waals surface area contributed by atoms with Gasteiger partial charge in [-0.2, -0.15) is 0 Å². The van der Waals surface area contributed by atoms with Crippen LogP contribution in [0.2, 0.25) is 0 Å². The number of hydrogen-bond acceptors (Lipinski definition) is 3. The lowest BCUT2D eigenvalue weighted by atomic mass is 9.88. The Labute approximate surface area is 130 Å². The standard InChI is InChI=1S/C17H24N2O3/c18-15(17(21)22)10-12-6-8-13(9-7-12)11-19-16(20)14-4-2-1-3-5-14/h6-9,14-15H,1-5,10-11,18H2,(H,19,20)(H,21,22). The van der Waals surface area contributed by atoms with Gasteiger partial charge in [-0.1, -0.05) is 43.5 Å². The van der Waals surface area contributed by atoms with Gasteiger partial charge in [-0.3, -0.25) is 9.59 Å². The summed E-state index contributed by atoms with van der Waals surface area (Å²) in [7, 11) is 0. The Hall–Kier alpha value is -1.88. The molecule has 2 rings (SSSR count). The summed E-state index contributed by atoms with van der Waals surface area (Å²) < 4.78 is 0. The van der Waals surface area contributed by atoms with Crippen LogP contribution in [0.1, 0.15) is 43.2 Å². The maximum atomic E-state index is 12.1. The van der Waals surface area contributed by atoms with Crippen molar-refractivity contribution in [1.29, 1.82) is 0 Å². The lowest BCUT2D eigenvalue weighted by molar-refractivity contribution is -0.138. The molecule has 0 radical (unpaired) electrons. The molecular formula is C17H24N2O3. The van der Waals surface area contributed by atoms with Crippen molar-refractivity contribution in [2.45, 2.75) is 51.1 Å². The molecule has 5 heteroatoms. The topological polar surface area (TPSA) is 92.4 Å². The number of carboxylic acids is 1. The molecule has 0 heterocycles. The van der Waals surface area contributed by atoms with Crippen molar-refractivity contribution in [3.05, 3.63) is 35.4 Å². The van der Waals surface area contributed by atoms with Crippen LogP contribution in [0.4, 0.5) is 0 Å². The van der Waals surface area contributed by atoms with Crippen LogP contribution in [0.3, 0.4) is 0 Å². The molecule has 1 aromatic carbocycles. The van der Waals surface area contributed by atoms with Crippen molar-refractivity contribution in [3.8, 4) is 0 Å². The van der Waals surface area contributed by atoms with E-state index in [4.69, 9.17) is 10.8 Å². The largest absolute Gasteiger partial charge is 0.480 e. The summed E-state index contributed by atoms with van der Waals surface area (Å²) in [5.41, 5.74) is 7.41. The summed E-state index contributed by atoms with van der Waals surface area (Å²) in [6.45, 7) is 0.514. The van der Waals surface area contributed by atoms with Crippen molar-refractivity contribution in [1.82, 2.24) is 5.32 Å². The zero-order chi connectivity index (χ0) is 15.9. The van der Waals surface area contributed by atoms with E-state index >= 15 is 0 Å². The fourth-order valence-electron chi connectivity index (χ4n) is 2.83. The van der Waals surface area contributed by atoms with Crippen molar-refractivity contribution in [2.75, 3.05) is 0 Å². The second-order valence-corrected chi connectivity index (χ2v) is 6.02. The maximum absolute atomic E-state index is 12.1. The van der Waals surface area contributed by atoms with Crippen LogP contribution in [0.5, 0.6) is 0 Å². The Balaban J connectivity index is 1.80. The second kappa shape index (κ2) is 7.94. The molecule has 0 bridgehead atoms. The predicted octanol–water partition coefficient (Wildman–Crippen LogP) is 1.84. The Kier molecular flexibility index (Phi) is 5.95. The molecule has 1 aliphatic carbocycles. The number of nitrogens with one attached hydrogen (secondary N) is 1. The van der Waals surface area contributed by atoms with Gasteiger partial charge < -0.3 is 16.2 Å². The third kappa shape index (κ3) is 4.84. The van der Waals surface area contributed by atoms with E-state index < -0.39 is 12.0 Å². The first kappa shape index (κ1) is 16.5. The molecule has 4 N–H and O–H groups in total. The first-order valence-electron chi connectivity index (χ1n) is 7.90. The van der Waals surface area contributed by atoms with E-state index in [1.54, 1.807) is 0 Å². The van der Waals surface area contributed by atoms with Crippen LogP contribution in [0.25, 0.3) is 0 Å². The highest BCUT2D eigenvalue weighted by molar-refractivity contribution is 5.78. The van der Waals surface area contributed by atoms with Gasteiger partial charge in [0.1, 0.15) is 6.04 Å². The molecule has 1 aliphatic rings. The SMILES string of the molecule is NC(Cc1ccc(CNC(=O)C2CCCCC2)cc1)C(=O)O. The number of carbonyl (C=O) groups excluding carboxylic acids is 1. The van der Waals surface area contributed by atoms with E-state index in [0.717, 1.165) is 36.8 Å². The Morgan fingerprint density at radius 3 is 2.32 bits per heavy atom. The molecule has 1 unspecified atom stereocenters. The van der Waals surface area contributed by atoms with Crippen LogP contribution in [-0.4, -0.2) is 23.0 Å². The van der Waals surface area contributed by atoms with Gasteiger partial charge in [-0.25, -0.2) is 0 Å². The van der Waals surface area contributed by atoms with Gasteiger partial charge >= 0.3 is 5.97 Å². The monoisotopic (exact) mass is 304 g/mol. The Morgan fingerprint density at radius 2 is 1.73 bits per heavy atom. The van der Waals surface area contributed by atoms with Gasteiger partial charge in [0.25, 0.3) is 0 Å². The van der Waals surface area contributed by atoms with Gasteiger partial charge in [-0.15, -0.1) is 0 Å². The number of aliphatic carboxylic acids is 1. The van der Waals surface area contributed by atoms with Gasteiger partial charge in [-0.05, 0) is 30.4 Å². The van der Waals surface area contributed by atoms with Crippen molar-refractivity contribution in [2.24, 2.45) is 11.7 Å². The van der Waals surface area contributed by atoms with E-state index in [-0.39, 0.29) is 11.8 Å². The lowest BCUT2D eigenvalue weighted by Crippen LogP contribution is -2.32. The highest BCUT2D eigenvalue weighted by Gasteiger charge is 2.20. The van der Waals surface area contributed by atoms with E-state index in [2.05, 4.69) is 5.32 Å². The van der Waals surface area contributed by atoms with E-state index in [9.17, 15) is 9.59 Å². The normalized spacial score (nSPS) is 17.0. The van der Waals surface area contributed by atoms with Crippen LogP contribution in [0.15, 0.2) is 24.3 Å². The van der Waals surface area contributed by atoms with E-state index in [1.807, 2.05) is 24.3 Å². The molecular weight excluding hydrogens is 280 g/mol. The fourth-order valence-corrected chi connectivity index (χ4v) is 2.83. The molecule has 22 heavy (non-hydrogen) atoms. The summed E-state index contributed by atoms with van der Waals surface area (Å²) in [4.78, 5) is 22.8. The van der Waals surface area contributed by atoms with Crippen LogP contribution >= 0.6 is 0 Å². The number of amides is 1. The smallest absolute Gasteiger partial charge is 0.320 e. The first-order valence-corrected chi connectivity index (χ1v) is 7.90. The third-order valence-electron chi connectivity index (χ3n) is 4.24. The molecule has 0 spiro atoms. The maximum Gasteiger partial charge on any atom is 0.320 e. The second-order valence-electron chi connectivity index (χ2n) is 6.02. The molecule has 0 aliphatic heterocycles. The van der Waals surface area contributed by atoms with Crippen LogP contribution < -0.4 is 11.1 Å². The van der Waals surface area contributed by atoms with Crippen molar-refractivity contribution in [3.63, 3.8) is 0 Å². The van der Waals surface area contributed by atoms with Crippen molar-refractivity contribution >= 4 is 11.9 Å². The summed E-state index contributed by atoms with van der Waals surface area (Å²) >= 11 is 0. The minimum atomic E-state index is -0.996. The molecule has 0 aromatic heterocycles. The average Bonchev–Trinajstić information content (AvgIpc) is 2.54. The van der Waals surface area contributed by atoms with E-state index in [1.165, 1.54) is 6.42 Å². The number of carbonyl (C=O) groups is 2. The average molecular weight is 304 g/mol. The number of benzene rings is 1. The molecule has 1 fully saturated rings. The lowest BCUT2D eigenvalue weighted by Gasteiger charge is -2.20. The molecule has 1 atom stereocenters. The van der Waals surface area contributed by atoms with E-state index in [0.29, 0.717) is 13.0 Å². The Bertz CT molecular complexity index is 507. The highest BCUT2D eigenvalue weighted by atomic mass is 16.4. The van der Waals surface area contributed by atoms with Gasteiger partial charge in [0.15, 0.2) is 0 Å². The molecule has 120 valence electrons. The zero-order valence-electron chi connectivity index (χ0n) is 12.8. The quantitative estimate of drug-likeness (QED) is 0.747. The van der Waals surface area contributed by atoms with Gasteiger partial charge in [0.05, 0.1) is 0 Å². The van der Waals surface area contributed by atoms with Crippen LogP contribution in [-0.2, 0) is 22.6 Å². The highest BCUT2D eigenvalue weighted by Crippen LogP contribution is 2.23. The zero-order valence-corrected chi connectivity index (χ0v) is 12.8. The van der Waals surface area contributed by atoms with Crippen LogP contribution in [0, 0.1) is 5.92 Å². The number of nitrogens with two attached hydrogens (primary N) is 1. The summed E-state index contributed by atoms with van der Waals surface area (Å²) in [5.74, 6) is -0.679. The number of carboxylic acid groups (broad SMARTS) is 1. The first-order chi connectivity index (χ1) is 10.6. The Morgan fingerprint density at radius 1 is 1.14 bits per heavy atom. The van der Waals surface area contributed by atoms with Crippen molar-refractivity contribution < 1.29 is 14.7 Å². The summed E-state index contributed by atoms with van der Waals surface area (Å²) in [6.07, 6.45) is 5.84. The molecule has 0 saturated heterocycles. The predicted molar refractivity (Wildman–Crippen MR) is 84.2 cm³/mol. The molecule has 1 aromatic rings. The number of hydrogen-bond donors (Lipinski definition) is 3. The fraction of sp³-hybridized carbons (Fsp3) is 0.529. The third-order valence-corrected chi connectivity index (χ3v) is 4.24. The number of rotatable bonds is 6. The van der Waals surface area contributed by atoms with Gasteiger partial charge in [0, 0.05) is 12.5 Å².